The summed E-state index contributed by atoms with van der Waals surface area (Å²) in [5, 5.41) is 1.44. The summed E-state index contributed by atoms with van der Waals surface area (Å²) in [5.41, 5.74) is 5.13. The number of carbonyl (C=O) groups is 1. The van der Waals surface area contributed by atoms with Crippen LogP contribution in [0.1, 0.15) is 27.2 Å². The fraction of sp³-hybridized carbons (Fsp3) is 0.700. The lowest BCUT2D eigenvalue weighted by Gasteiger charge is -2.37. The normalized spacial score (nSPS) is 20.3. The van der Waals surface area contributed by atoms with E-state index < -0.39 is 11.7 Å². The molecule has 4 N–H and O–H groups in total. The number of hydrogen-bond donors (Lipinski definition) is 2. The van der Waals surface area contributed by atoms with E-state index in [2.05, 4.69) is 15.9 Å². The second kappa shape index (κ2) is 5.14. The third-order valence-electron chi connectivity index (χ3n) is 2.14. The Morgan fingerprint density at radius 3 is 2.47 bits per heavy atom. The fourth-order valence-corrected chi connectivity index (χ4v) is 1.97. The maximum atomic E-state index is 12.0. The molecule has 1 rings (SSSR count). The SMILES string of the molecule is CC(C)(C)OC(=O)N1CCCN(N)/C1=C(\N)Br. The van der Waals surface area contributed by atoms with Crippen LogP contribution in [0, 0.1) is 0 Å². The summed E-state index contributed by atoms with van der Waals surface area (Å²) in [7, 11) is 0. The molecule has 0 unspecified atom stereocenters. The Balaban J connectivity index is 2.88. The van der Waals surface area contributed by atoms with Gasteiger partial charge in [0.2, 0.25) is 0 Å². The van der Waals surface area contributed by atoms with Crippen LogP contribution in [0.5, 0.6) is 0 Å². The molecule has 0 radical (unpaired) electrons. The first-order valence-electron chi connectivity index (χ1n) is 5.40. The van der Waals surface area contributed by atoms with Crippen LogP contribution >= 0.6 is 15.9 Å². The minimum Gasteiger partial charge on any atom is -0.443 e. The van der Waals surface area contributed by atoms with Crippen molar-refractivity contribution in [3.63, 3.8) is 0 Å². The van der Waals surface area contributed by atoms with Crippen LogP contribution in [-0.4, -0.2) is 34.7 Å². The molecule has 1 aliphatic rings. The quantitative estimate of drug-likeness (QED) is 0.520. The van der Waals surface area contributed by atoms with Crippen LogP contribution in [0.25, 0.3) is 0 Å². The molecule has 98 valence electrons. The average molecular weight is 307 g/mol. The maximum Gasteiger partial charge on any atom is 0.416 e. The smallest absolute Gasteiger partial charge is 0.416 e. The Morgan fingerprint density at radius 2 is 2.00 bits per heavy atom. The second-order valence-corrected chi connectivity index (χ2v) is 5.70. The number of rotatable bonds is 0. The first kappa shape index (κ1) is 14.1. The Hall–Kier alpha value is -0.950. The van der Waals surface area contributed by atoms with E-state index in [1.165, 1.54) is 9.91 Å². The molecule has 0 aromatic heterocycles. The third kappa shape index (κ3) is 3.78. The third-order valence-corrected chi connectivity index (χ3v) is 2.49. The highest BCUT2D eigenvalue weighted by molar-refractivity contribution is 9.11. The summed E-state index contributed by atoms with van der Waals surface area (Å²) in [5.74, 6) is 6.24. The molecule has 0 spiro atoms. The van der Waals surface area contributed by atoms with Gasteiger partial charge in [0, 0.05) is 13.1 Å². The Kier molecular flexibility index (Phi) is 4.26. The van der Waals surface area contributed by atoms with Gasteiger partial charge < -0.3 is 10.5 Å². The molecule has 1 fully saturated rings. The highest BCUT2D eigenvalue weighted by Crippen LogP contribution is 2.22. The lowest BCUT2D eigenvalue weighted by molar-refractivity contribution is 0.0191. The largest absolute Gasteiger partial charge is 0.443 e. The van der Waals surface area contributed by atoms with E-state index in [1.54, 1.807) is 0 Å². The molecular formula is C10H19BrN4O2. The molecule has 1 saturated heterocycles. The zero-order valence-corrected chi connectivity index (χ0v) is 12.0. The van der Waals surface area contributed by atoms with Crippen LogP contribution in [-0.2, 0) is 4.74 Å². The zero-order chi connectivity index (χ0) is 13.2. The predicted octanol–water partition coefficient (Wildman–Crippen LogP) is 1.28. The van der Waals surface area contributed by atoms with Crippen molar-refractivity contribution in [2.45, 2.75) is 32.8 Å². The van der Waals surface area contributed by atoms with Crippen molar-refractivity contribution >= 4 is 22.0 Å². The molecule has 6 nitrogen and oxygen atoms in total. The molecule has 0 bridgehead atoms. The molecule has 1 aliphatic heterocycles. The first-order chi connectivity index (χ1) is 7.72. The molecule has 17 heavy (non-hydrogen) atoms. The van der Waals surface area contributed by atoms with Gasteiger partial charge in [-0.3, -0.25) is 9.91 Å². The van der Waals surface area contributed by atoms with E-state index in [0.29, 0.717) is 23.5 Å². The second-order valence-electron chi connectivity index (χ2n) is 4.85. The lowest BCUT2D eigenvalue weighted by atomic mass is 10.2. The highest BCUT2D eigenvalue weighted by atomic mass is 79.9. The van der Waals surface area contributed by atoms with Gasteiger partial charge in [0.05, 0.1) is 0 Å². The minimum absolute atomic E-state index is 0.325. The van der Waals surface area contributed by atoms with Gasteiger partial charge in [-0.2, -0.15) is 0 Å². The van der Waals surface area contributed by atoms with Gasteiger partial charge in [-0.05, 0) is 43.1 Å². The van der Waals surface area contributed by atoms with Crippen molar-refractivity contribution < 1.29 is 9.53 Å². The number of halogens is 1. The zero-order valence-electron chi connectivity index (χ0n) is 10.4. The number of nitrogens with zero attached hydrogens (tertiary/aromatic N) is 2. The Bertz CT molecular complexity index is 334. The summed E-state index contributed by atoms with van der Waals surface area (Å²) in [6.45, 7) is 6.65. The summed E-state index contributed by atoms with van der Waals surface area (Å²) >= 11 is 3.15. The molecule has 0 aromatic rings. The predicted molar refractivity (Wildman–Crippen MR) is 68.6 cm³/mol. The van der Waals surface area contributed by atoms with E-state index in [0.717, 1.165) is 6.42 Å². The van der Waals surface area contributed by atoms with Gasteiger partial charge in [-0.1, -0.05) is 0 Å². The Labute approximate surface area is 110 Å². The molecule has 0 aromatic carbocycles. The molecule has 0 saturated carbocycles. The van der Waals surface area contributed by atoms with Gasteiger partial charge in [-0.25, -0.2) is 10.6 Å². The van der Waals surface area contributed by atoms with Gasteiger partial charge >= 0.3 is 6.09 Å². The average Bonchev–Trinajstić information content (AvgIpc) is 2.13. The number of ether oxygens (including phenoxy) is 1. The van der Waals surface area contributed by atoms with Crippen LogP contribution in [0.2, 0.25) is 0 Å². The topological polar surface area (TPSA) is 84.8 Å². The van der Waals surface area contributed by atoms with Crippen molar-refractivity contribution in [2.24, 2.45) is 11.6 Å². The van der Waals surface area contributed by atoms with Crippen molar-refractivity contribution in [2.75, 3.05) is 13.1 Å². The van der Waals surface area contributed by atoms with Crippen LogP contribution < -0.4 is 11.6 Å². The van der Waals surface area contributed by atoms with E-state index in [4.69, 9.17) is 16.3 Å². The number of hydrogen-bond acceptors (Lipinski definition) is 5. The van der Waals surface area contributed by atoms with Gasteiger partial charge in [-0.15, -0.1) is 0 Å². The van der Waals surface area contributed by atoms with Crippen LogP contribution in [0.15, 0.2) is 10.4 Å². The van der Waals surface area contributed by atoms with Crippen molar-refractivity contribution in [1.82, 2.24) is 9.91 Å². The van der Waals surface area contributed by atoms with Crippen molar-refractivity contribution in [1.29, 1.82) is 0 Å². The Morgan fingerprint density at radius 1 is 1.41 bits per heavy atom. The molecule has 0 aliphatic carbocycles. The van der Waals surface area contributed by atoms with Crippen LogP contribution in [0.3, 0.4) is 0 Å². The number of amides is 1. The molecule has 1 amide bonds. The van der Waals surface area contributed by atoms with Crippen LogP contribution in [0.4, 0.5) is 4.79 Å². The number of carbonyl (C=O) groups excluding carboxylic acids is 1. The fourth-order valence-electron chi connectivity index (χ4n) is 1.53. The van der Waals surface area contributed by atoms with Crippen molar-refractivity contribution in [3.8, 4) is 0 Å². The van der Waals surface area contributed by atoms with E-state index in [1.807, 2.05) is 20.8 Å². The van der Waals surface area contributed by atoms with E-state index in [9.17, 15) is 4.79 Å². The lowest BCUT2D eigenvalue weighted by Crippen LogP contribution is -2.50. The maximum absolute atomic E-state index is 12.0. The van der Waals surface area contributed by atoms with Gasteiger partial charge in [0.1, 0.15) is 10.2 Å². The molecular weight excluding hydrogens is 288 g/mol. The van der Waals surface area contributed by atoms with Gasteiger partial charge in [0.25, 0.3) is 0 Å². The number of nitrogens with two attached hydrogens (primary N) is 2. The molecule has 7 heteroatoms. The minimum atomic E-state index is -0.542. The van der Waals surface area contributed by atoms with E-state index in [-0.39, 0.29) is 0 Å². The first-order valence-corrected chi connectivity index (χ1v) is 6.19. The summed E-state index contributed by atoms with van der Waals surface area (Å²) in [6, 6.07) is 0. The summed E-state index contributed by atoms with van der Waals surface area (Å²) in [4.78, 5) is 13.4. The van der Waals surface area contributed by atoms with E-state index >= 15 is 0 Å². The van der Waals surface area contributed by atoms with Gasteiger partial charge in [0.15, 0.2) is 5.82 Å². The molecule has 1 heterocycles. The standard InChI is InChI=1S/C10H19BrN4O2/c1-10(2,3)17-9(16)14-5-4-6-15(13)8(14)7(11)12/h4-6,12-13H2,1-3H3/b8-7-. The monoisotopic (exact) mass is 306 g/mol. The van der Waals surface area contributed by atoms with Crippen molar-refractivity contribution in [3.05, 3.63) is 10.4 Å². The molecule has 0 atom stereocenters. The highest BCUT2D eigenvalue weighted by Gasteiger charge is 2.30. The summed E-state index contributed by atoms with van der Waals surface area (Å²) in [6.07, 6.45) is 0.338. The number of hydrazine groups is 1. The summed E-state index contributed by atoms with van der Waals surface area (Å²) < 4.78 is 5.62.